The first-order valence-corrected chi connectivity index (χ1v) is 6.12. The highest BCUT2D eigenvalue weighted by molar-refractivity contribution is 5.84. The second-order valence-electron chi connectivity index (χ2n) is 4.25. The summed E-state index contributed by atoms with van der Waals surface area (Å²) in [4.78, 5) is 0. The quantitative estimate of drug-likeness (QED) is 0.775. The zero-order valence-corrected chi connectivity index (χ0v) is 10.4. The van der Waals surface area contributed by atoms with Crippen molar-refractivity contribution in [1.29, 1.82) is 0 Å². The average Bonchev–Trinajstić information content (AvgIpc) is 2.70. The second-order valence-corrected chi connectivity index (χ2v) is 4.25. The summed E-state index contributed by atoms with van der Waals surface area (Å²) in [5.41, 5.74) is 8.30. The van der Waals surface area contributed by atoms with Gasteiger partial charge in [0.1, 0.15) is 0 Å². The lowest BCUT2D eigenvalue weighted by Crippen LogP contribution is -2.02. The maximum atomic E-state index is 5.65. The van der Waals surface area contributed by atoms with Crippen molar-refractivity contribution in [3.05, 3.63) is 36.0 Å². The molecule has 0 aliphatic heterocycles. The molecule has 0 saturated carbocycles. The van der Waals surface area contributed by atoms with Gasteiger partial charge in [0.25, 0.3) is 0 Å². The third-order valence-electron chi connectivity index (χ3n) is 3.03. The number of rotatable bonds is 6. The summed E-state index contributed by atoms with van der Waals surface area (Å²) >= 11 is 0. The van der Waals surface area contributed by atoms with Crippen molar-refractivity contribution in [2.75, 3.05) is 20.3 Å². The van der Waals surface area contributed by atoms with E-state index in [1.54, 1.807) is 7.11 Å². The largest absolute Gasteiger partial charge is 0.385 e. The molecular weight excluding hydrogens is 212 g/mol. The van der Waals surface area contributed by atoms with E-state index in [-0.39, 0.29) is 0 Å². The van der Waals surface area contributed by atoms with Gasteiger partial charge in [0.15, 0.2) is 0 Å². The number of methoxy groups -OCH3 is 1. The lowest BCUT2D eigenvalue weighted by atomic mass is 10.1. The lowest BCUT2D eigenvalue weighted by molar-refractivity contribution is 0.190. The molecule has 0 unspecified atom stereocenters. The van der Waals surface area contributed by atoms with E-state index in [0.29, 0.717) is 6.54 Å². The smallest absolute Gasteiger partial charge is 0.0483 e. The lowest BCUT2D eigenvalue weighted by Gasteiger charge is -2.04. The van der Waals surface area contributed by atoms with Gasteiger partial charge < -0.3 is 15.0 Å². The maximum Gasteiger partial charge on any atom is 0.0483 e. The highest BCUT2D eigenvalue weighted by Crippen LogP contribution is 2.21. The predicted octanol–water partition coefficient (Wildman–Crippen LogP) is 2.18. The van der Waals surface area contributed by atoms with Crippen molar-refractivity contribution < 1.29 is 4.74 Å². The van der Waals surface area contributed by atoms with Crippen molar-refractivity contribution in [3.63, 3.8) is 0 Å². The summed E-state index contributed by atoms with van der Waals surface area (Å²) in [6.07, 6.45) is 4.21. The molecule has 1 aromatic carbocycles. The number of hydrogen-bond acceptors (Lipinski definition) is 2. The number of fused-ring (bicyclic) bond motifs is 1. The van der Waals surface area contributed by atoms with Crippen LogP contribution >= 0.6 is 0 Å². The second kappa shape index (κ2) is 5.84. The Balaban J connectivity index is 2.28. The van der Waals surface area contributed by atoms with Crippen LogP contribution in [0.2, 0.25) is 0 Å². The van der Waals surface area contributed by atoms with Crippen molar-refractivity contribution in [2.45, 2.75) is 19.4 Å². The zero-order valence-electron chi connectivity index (χ0n) is 10.4. The third-order valence-corrected chi connectivity index (χ3v) is 3.03. The molecular formula is C14H20N2O. The molecule has 0 saturated heterocycles. The minimum atomic E-state index is 0.700. The Kier molecular flexibility index (Phi) is 4.18. The van der Waals surface area contributed by atoms with E-state index in [0.717, 1.165) is 26.0 Å². The molecule has 0 bridgehead atoms. The van der Waals surface area contributed by atoms with Crippen LogP contribution in [0.3, 0.4) is 0 Å². The van der Waals surface area contributed by atoms with Crippen molar-refractivity contribution in [1.82, 2.24) is 4.57 Å². The fourth-order valence-corrected chi connectivity index (χ4v) is 2.24. The normalized spacial score (nSPS) is 11.2. The predicted molar refractivity (Wildman–Crippen MR) is 71.2 cm³/mol. The fourth-order valence-electron chi connectivity index (χ4n) is 2.24. The first-order chi connectivity index (χ1) is 8.36. The number of aromatic nitrogens is 1. The van der Waals surface area contributed by atoms with Crippen LogP contribution in [-0.4, -0.2) is 24.8 Å². The molecule has 17 heavy (non-hydrogen) atoms. The van der Waals surface area contributed by atoms with Gasteiger partial charge in [-0.15, -0.1) is 0 Å². The highest BCUT2D eigenvalue weighted by Gasteiger charge is 2.06. The third kappa shape index (κ3) is 2.68. The van der Waals surface area contributed by atoms with Gasteiger partial charge in [-0.1, -0.05) is 18.2 Å². The van der Waals surface area contributed by atoms with E-state index < -0.39 is 0 Å². The van der Waals surface area contributed by atoms with Gasteiger partial charge >= 0.3 is 0 Å². The van der Waals surface area contributed by atoms with Gasteiger partial charge in [-0.2, -0.15) is 0 Å². The number of aryl methyl sites for hydroxylation is 1. The molecule has 0 amide bonds. The molecule has 0 aliphatic rings. The van der Waals surface area contributed by atoms with E-state index in [4.69, 9.17) is 10.5 Å². The monoisotopic (exact) mass is 232 g/mol. The summed E-state index contributed by atoms with van der Waals surface area (Å²) in [5, 5.41) is 1.33. The SMILES string of the molecule is COCCCn1cc(CCN)c2ccccc21. The van der Waals surface area contributed by atoms with Crippen LogP contribution in [0.25, 0.3) is 10.9 Å². The standard InChI is InChI=1S/C14H20N2O/c1-17-10-4-9-16-11-12(7-8-15)13-5-2-3-6-14(13)16/h2-3,5-6,11H,4,7-10,15H2,1H3. The Bertz CT molecular complexity index is 476. The molecule has 0 spiro atoms. The number of ether oxygens (including phenoxy) is 1. The molecule has 2 N–H and O–H groups in total. The first-order valence-electron chi connectivity index (χ1n) is 6.12. The molecule has 2 aromatic rings. The summed E-state index contributed by atoms with van der Waals surface area (Å²) < 4.78 is 7.40. The van der Waals surface area contributed by atoms with Crippen LogP contribution in [0.4, 0.5) is 0 Å². The number of benzene rings is 1. The first kappa shape index (κ1) is 12.1. The fraction of sp³-hybridized carbons (Fsp3) is 0.429. The number of para-hydroxylation sites is 1. The highest BCUT2D eigenvalue weighted by atomic mass is 16.5. The van der Waals surface area contributed by atoms with Crippen LogP contribution in [0.15, 0.2) is 30.5 Å². The maximum absolute atomic E-state index is 5.65. The summed E-state index contributed by atoms with van der Waals surface area (Å²) in [6.45, 7) is 2.50. The zero-order chi connectivity index (χ0) is 12.1. The van der Waals surface area contributed by atoms with Crippen LogP contribution < -0.4 is 5.73 Å². The molecule has 1 aromatic heterocycles. The number of nitrogens with zero attached hydrogens (tertiary/aromatic N) is 1. The average molecular weight is 232 g/mol. The molecule has 92 valence electrons. The van der Waals surface area contributed by atoms with Gasteiger partial charge in [0.05, 0.1) is 0 Å². The Morgan fingerprint density at radius 2 is 2.12 bits per heavy atom. The molecule has 3 heteroatoms. The summed E-state index contributed by atoms with van der Waals surface area (Å²) in [6, 6.07) is 8.51. The van der Waals surface area contributed by atoms with Crippen molar-refractivity contribution >= 4 is 10.9 Å². The van der Waals surface area contributed by atoms with Gasteiger partial charge in [-0.05, 0) is 31.0 Å². The van der Waals surface area contributed by atoms with Crippen LogP contribution in [0.1, 0.15) is 12.0 Å². The summed E-state index contributed by atoms with van der Waals surface area (Å²) in [7, 11) is 1.74. The molecule has 3 nitrogen and oxygen atoms in total. The van der Waals surface area contributed by atoms with E-state index in [1.807, 2.05) is 0 Å². The van der Waals surface area contributed by atoms with E-state index in [2.05, 4.69) is 35.0 Å². The van der Waals surface area contributed by atoms with Crippen molar-refractivity contribution in [2.24, 2.45) is 5.73 Å². The topological polar surface area (TPSA) is 40.2 Å². The molecule has 0 atom stereocenters. The van der Waals surface area contributed by atoms with E-state index >= 15 is 0 Å². The van der Waals surface area contributed by atoms with Crippen LogP contribution in [0, 0.1) is 0 Å². The van der Waals surface area contributed by atoms with Gasteiger partial charge in [-0.3, -0.25) is 0 Å². The minimum Gasteiger partial charge on any atom is -0.385 e. The Labute approximate surface area is 102 Å². The number of nitrogens with two attached hydrogens (primary N) is 1. The molecule has 0 radical (unpaired) electrons. The molecule has 0 aliphatic carbocycles. The summed E-state index contributed by atoms with van der Waals surface area (Å²) in [5.74, 6) is 0. The van der Waals surface area contributed by atoms with Gasteiger partial charge in [0.2, 0.25) is 0 Å². The van der Waals surface area contributed by atoms with Crippen LogP contribution in [0.5, 0.6) is 0 Å². The molecule has 2 rings (SSSR count). The van der Waals surface area contributed by atoms with Crippen molar-refractivity contribution in [3.8, 4) is 0 Å². The Morgan fingerprint density at radius 1 is 1.29 bits per heavy atom. The van der Waals surface area contributed by atoms with Gasteiger partial charge in [-0.25, -0.2) is 0 Å². The number of hydrogen-bond donors (Lipinski definition) is 1. The van der Waals surface area contributed by atoms with E-state index in [9.17, 15) is 0 Å². The molecule has 0 fully saturated rings. The van der Waals surface area contributed by atoms with Crippen LogP contribution in [-0.2, 0) is 17.7 Å². The van der Waals surface area contributed by atoms with Gasteiger partial charge in [0, 0.05) is 37.4 Å². The molecule has 1 heterocycles. The minimum absolute atomic E-state index is 0.700. The Morgan fingerprint density at radius 3 is 2.88 bits per heavy atom. The Hall–Kier alpha value is -1.32. The van der Waals surface area contributed by atoms with E-state index in [1.165, 1.54) is 16.5 Å².